The van der Waals surface area contributed by atoms with Gasteiger partial charge in [-0.2, -0.15) is 5.26 Å². The molecule has 0 aromatic carbocycles. The molecule has 37 heavy (non-hydrogen) atoms. The Hall–Kier alpha value is -1.96. The predicted octanol–water partition coefficient (Wildman–Crippen LogP) is 6.03. The third-order valence-corrected chi connectivity index (χ3v) is 12.9. The van der Waals surface area contributed by atoms with Crippen molar-refractivity contribution >= 4 is 17.5 Å². The van der Waals surface area contributed by atoms with Crippen LogP contribution < -0.4 is 5.32 Å². The molecule has 0 bridgehead atoms. The molecule has 0 aromatic heterocycles. The van der Waals surface area contributed by atoms with Crippen LogP contribution in [-0.4, -0.2) is 24.0 Å². The molecule has 4 saturated carbocycles. The van der Waals surface area contributed by atoms with Gasteiger partial charge in [0.2, 0.25) is 5.91 Å². The monoisotopic (exact) mass is 506 g/mol. The van der Waals surface area contributed by atoms with Gasteiger partial charge in [0.15, 0.2) is 5.78 Å². The smallest absolute Gasteiger partial charge is 0.226 e. The van der Waals surface area contributed by atoms with Gasteiger partial charge < -0.3 is 5.32 Å². The Morgan fingerprint density at radius 2 is 1.70 bits per heavy atom. The Bertz CT molecular complexity index is 1120. The first-order valence-corrected chi connectivity index (χ1v) is 14.7. The molecule has 9 unspecified atom stereocenters. The number of nitrogens with zero attached hydrogens (tertiary/aromatic N) is 1. The Morgan fingerprint density at radius 1 is 1.03 bits per heavy atom. The summed E-state index contributed by atoms with van der Waals surface area (Å²) in [4.78, 5) is 41.1. The van der Waals surface area contributed by atoms with Crippen molar-refractivity contribution in [3.63, 3.8) is 0 Å². The van der Waals surface area contributed by atoms with Gasteiger partial charge >= 0.3 is 0 Å². The molecule has 5 aliphatic rings. The molecule has 5 rings (SSSR count). The van der Waals surface area contributed by atoms with Crippen LogP contribution in [-0.2, 0) is 14.4 Å². The molecule has 5 heteroatoms. The third kappa shape index (κ3) is 3.36. The first-order valence-electron chi connectivity index (χ1n) is 14.7. The average Bonchev–Trinajstić information content (AvgIpc) is 2.82. The van der Waals surface area contributed by atoms with Gasteiger partial charge in [-0.05, 0) is 91.3 Å². The summed E-state index contributed by atoms with van der Waals surface area (Å²) in [6.07, 6.45) is 8.92. The molecule has 0 aliphatic heterocycles. The maximum atomic E-state index is 14.4. The zero-order chi connectivity index (χ0) is 27.2. The fraction of sp³-hybridized carbons (Fsp3) is 0.812. The van der Waals surface area contributed by atoms with Crippen LogP contribution in [0.1, 0.15) is 99.8 Å². The summed E-state index contributed by atoms with van der Waals surface area (Å²) in [6.45, 7) is 16.2. The van der Waals surface area contributed by atoms with E-state index in [9.17, 15) is 19.6 Å². The minimum Gasteiger partial charge on any atom is -0.356 e. The minimum absolute atomic E-state index is 0.0337. The van der Waals surface area contributed by atoms with Gasteiger partial charge in [-0.3, -0.25) is 14.4 Å². The van der Waals surface area contributed by atoms with E-state index >= 15 is 0 Å². The molecule has 0 spiro atoms. The van der Waals surface area contributed by atoms with E-state index in [1.807, 2.05) is 19.9 Å². The van der Waals surface area contributed by atoms with Crippen molar-refractivity contribution in [2.75, 3.05) is 6.54 Å². The van der Waals surface area contributed by atoms with Gasteiger partial charge in [0, 0.05) is 24.8 Å². The Morgan fingerprint density at radius 3 is 2.35 bits per heavy atom. The quantitative estimate of drug-likeness (QED) is 0.495. The highest BCUT2D eigenvalue weighted by Gasteiger charge is 2.72. The van der Waals surface area contributed by atoms with Crippen LogP contribution in [0.3, 0.4) is 0 Å². The van der Waals surface area contributed by atoms with Crippen LogP contribution in [0, 0.1) is 68.0 Å². The van der Waals surface area contributed by atoms with Gasteiger partial charge in [0.1, 0.15) is 11.9 Å². The number of nitriles is 1. The summed E-state index contributed by atoms with van der Waals surface area (Å²) in [5, 5.41) is 13.0. The summed E-state index contributed by atoms with van der Waals surface area (Å²) in [5.74, 6) is 0.462. The number of nitrogens with one attached hydrogen (secondary N) is 1. The topological polar surface area (TPSA) is 87.0 Å². The van der Waals surface area contributed by atoms with Crippen LogP contribution in [0.4, 0.5) is 0 Å². The number of ketones is 2. The highest BCUT2D eigenvalue weighted by Crippen LogP contribution is 2.75. The van der Waals surface area contributed by atoms with Gasteiger partial charge in [-0.25, -0.2) is 0 Å². The van der Waals surface area contributed by atoms with Crippen molar-refractivity contribution in [2.45, 2.75) is 99.8 Å². The number of Topliss-reactive ketones (excluding diaryl/α,β-unsaturated/α-hetero) is 2. The lowest BCUT2D eigenvalue weighted by molar-refractivity contribution is -0.218. The molecule has 1 N–H and O–H groups in total. The number of rotatable bonds is 2. The second-order valence-electron chi connectivity index (χ2n) is 14.9. The van der Waals surface area contributed by atoms with Crippen LogP contribution in [0.2, 0.25) is 0 Å². The van der Waals surface area contributed by atoms with Crippen LogP contribution in [0.5, 0.6) is 0 Å². The largest absolute Gasteiger partial charge is 0.356 e. The summed E-state index contributed by atoms with van der Waals surface area (Å²) in [6, 6.07) is 2.19. The molecule has 202 valence electrons. The van der Waals surface area contributed by atoms with E-state index < -0.39 is 5.41 Å². The van der Waals surface area contributed by atoms with E-state index in [1.54, 1.807) is 0 Å². The molecule has 0 radical (unpaired) electrons. The SMILES string of the molecule is CCNC(=O)C12CCC(C)(C)CC1C1C(=O)CC3C4(C)C=C(C#N)C(=O)C(C)C4CCC3(C)C1(C)CC2. The van der Waals surface area contributed by atoms with E-state index in [2.05, 4.69) is 46.0 Å². The average molecular weight is 507 g/mol. The molecule has 0 aromatic rings. The van der Waals surface area contributed by atoms with Crippen LogP contribution in [0.15, 0.2) is 11.6 Å². The summed E-state index contributed by atoms with van der Waals surface area (Å²) in [5.41, 5.74) is -0.708. The van der Waals surface area contributed by atoms with Crippen molar-refractivity contribution < 1.29 is 14.4 Å². The highest BCUT2D eigenvalue weighted by atomic mass is 16.2. The molecule has 4 fully saturated rings. The van der Waals surface area contributed by atoms with Crippen molar-refractivity contribution in [1.29, 1.82) is 5.26 Å². The second kappa shape index (κ2) is 8.27. The van der Waals surface area contributed by atoms with E-state index in [4.69, 9.17) is 0 Å². The molecule has 5 nitrogen and oxygen atoms in total. The molecule has 9 atom stereocenters. The fourth-order valence-electron chi connectivity index (χ4n) is 10.7. The second-order valence-corrected chi connectivity index (χ2v) is 14.9. The summed E-state index contributed by atoms with van der Waals surface area (Å²) >= 11 is 0. The van der Waals surface area contributed by atoms with E-state index in [-0.39, 0.29) is 68.5 Å². The molecule has 5 aliphatic carbocycles. The molecule has 0 heterocycles. The van der Waals surface area contributed by atoms with E-state index in [0.29, 0.717) is 18.7 Å². The number of allylic oxidation sites excluding steroid dienone is 2. The van der Waals surface area contributed by atoms with Gasteiger partial charge in [-0.1, -0.05) is 47.6 Å². The number of amides is 1. The fourth-order valence-corrected chi connectivity index (χ4v) is 10.7. The molecule has 0 saturated heterocycles. The number of fused-ring (bicyclic) bond motifs is 7. The normalized spacial score (nSPS) is 48.4. The zero-order valence-electron chi connectivity index (χ0n) is 24.0. The van der Waals surface area contributed by atoms with Gasteiger partial charge in [-0.15, -0.1) is 0 Å². The molecular weight excluding hydrogens is 460 g/mol. The zero-order valence-corrected chi connectivity index (χ0v) is 24.0. The lowest BCUT2D eigenvalue weighted by Crippen LogP contribution is -2.69. The number of carbonyl (C=O) groups is 3. The van der Waals surface area contributed by atoms with E-state index in [1.165, 1.54) is 0 Å². The Balaban J connectivity index is 1.62. The standard InChI is InChI=1S/C32H46N2O3/c1-8-34-27(37)32-13-11-28(3,4)17-22(32)25-23(35)15-24-29(5)16-20(18-33)26(36)19(2)21(29)9-10-30(24,6)31(25,7)12-14-32/h16,19,21-22,24-25H,8-15,17H2,1-7H3,(H,34,37). The Kier molecular flexibility index (Phi) is 5.95. The highest BCUT2D eigenvalue weighted by molar-refractivity contribution is 6.02. The number of hydrogen-bond acceptors (Lipinski definition) is 4. The summed E-state index contributed by atoms with van der Waals surface area (Å²) in [7, 11) is 0. The Labute approximate surface area is 223 Å². The van der Waals surface area contributed by atoms with Crippen molar-refractivity contribution in [3.05, 3.63) is 11.6 Å². The van der Waals surface area contributed by atoms with Crippen molar-refractivity contribution in [2.24, 2.45) is 56.7 Å². The van der Waals surface area contributed by atoms with Crippen LogP contribution >= 0.6 is 0 Å². The lowest BCUT2D eigenvalue weighted by Gasteiger charge is -2.71. The lowest BCUT2D eigenvalue weighted by atomic mass is 9.32. The van der Waals surface area contributed by atoms with Crippen LogP contribution in [0.25, 0.3) is 0 Å². The minimum atomic E-state index is -0.449. The summed E-state index contributed by atoms with van der Waals surface area (Å²) < 4.78 is 0. The third-order valence-electron chi connectivity index (χ3n) is 12.9. The number of carbonyl (C=O) groups excluding carboxylic acids is 3. The van der Waals surface area contributed by atoms with Gasteiger partial charge in [0.05, 0.1) is 11.0 Å². The number of hydrogen-bond donors (Lipinski definition) is 1. The van der Waals surface area contributed by atoms with Crippen molar-refractivity contribution in [3.8, 4) is 6.07 Å². The first kappa shape index (κ1) is 26.6. The maximum Gasteiger partial charge on any atom is 0.226 e. The molecular formula is C32H46N2O3. The van der Waals surface area contributed by atoms with Crippen molar-refractivity contribution in [1.82, 2.24) is 5.32 Å². The molecule has 1 amide bonds. The predicted molar refractivity (Wildman–Crippen MR) is 143 cm³/mol. The maximum absolute atomic E-state index is 14.4. The van der Waals surface area contributed by atoms with E-state index in [0.717, 1.165) is 44.9 Å². The van der Waals surface area contributed by atoms with Gasteiger partial charge in [0.25, 0.3) is 0 Å². The first-order chi connectivity index (χ1) is 17.2.